The second-order valence-electron chi connectivity index (χ2n) is 6.10. The number of hydrogen-bond acceptors (Lipinski definition) is 4. The summed E-state index contributed by atoms with van der Waals surface area (Å²) in [5.74, 6) is -1.35. The molecular formula is C19H14F3NO4S2. The van der Waals surface area contributed by atoms with Crippen LogP contribution in [0.15, 0.2) is 59.5 Å². The Kier molecular flexibility index (Phi) is 5.42. The number of carboxylic acids is 1. The minimum Gasteiger partial charge on any atom is -0.477 e. The quantitative estimate of drug-likeness (QED) is 0.567. The van der Waals surface area contributed by atoms with Gasteiger partial charge in [0.2, 0.25) is 0 Å². The predicted octanol–water partition coefficient (Wildman–Crippen LogP) is 5.24. The van der Waals surface area contributed by atoms with Gasteiger partial charge in [0.1, 0.15) is 4.88 Å². The topological polar surface area (TPSA) is 83.5 Å². The van der Waals surface area contributed by atoms with Crippen molar-refractivity contribution in [1.82, 2.24) is 0 Å². The average Bonchev–Trinajstić information content (AvgIpc) is 3.04. The van der Waals surface area contributed by atoms with E-state index >= 15 is 0 Å². The summed E-state index contributed by atoms with van der Waals surface area (Å²) in [7, 11) is -4.05. The lowest BCUT2D eigenvalue weighted by atomic mass is 10.1. The number of rotatable bonds is 5. The summed E-state index contributed by atoms with van der Waals surface area (Å²) < 4.78 is 65.8. The molecule has 0 amide bonds. The van der Waals surface area contributed by atoms with Crippen LogP contribution in [0.1, 0.15) is 20.8 Å². The molecule has 29 heavy (non-hydrogen) atoms. The molecule has 0 bridgehead atoms. The summed E-state index contributed by atoms with van der Waals surface area (Å²) >= 11 is 0.766. The Hall–Kier alpha value is -2.85. The van der Waals surface area contributed by atoms with Crippen LogP contribution >= 0.6 is 11.3 Å². The van der Waals surface area contributed by atoms with Crippen LogP contribution in [-0.2, 0) is 16.2 Å². The second-order valence-corrected chi connectivity index (χ2v) is 8.81. The molecule has 0 radical (unpaired) electrons. The second kappa shape index (κ2) is 7.53. The SMILES string of the molecule is Cc1ccccc1S(=O)(=O)Nc1cc(-c2ccc(C(F)(F)F)cc2)sc1C(=O)O. The summed E-state index contributed by atoms with van der Waals surface area (Å²) in [6.45, 7) is 1.61. The van der Waals surface area contributed by atoms with Crippen LogP contribution in [0.25, 0.3) is 10.4 Å². The van der Waals surface area contributed by atoms with Crippen LogP contribution in [0.5, 0.6) is 0 Å². The Bertz CT molecular complexity index is 1170. The van der Waals surface area contributed by atoms with E-state index in [2.05, 4.69) is 4.72 Å². The molecule has 5 nitrogen and oxygen atoms in total. The first-order valence-electron chi connectivity index (χ1n) is 8.12. The summed E-state index contributed by atoms with van der Waals surface area (Å²) in [4.78, 5) is 11.6. The molecule has 3 aromatic rings. The molecule has 1 aromatic heterocycles. The van der Waals surface area contributed by atoms with Crippen molar-refractivity contribution in [2.75, 3.05) is 4.72 Å². The van der Waals surface area contributed by atoms with Gasteiger partial charge in [0, 0.05) is 4.88 Å². The van der Waals surface area contributed by atoms with E-state index in [-0.39, 0.29) is 15.5 Å². The third kappa shape index (κ3) is 4.43. The number of halogens is 3. The maximum absolute atomic E-state index is 12.7. The Balaban J connectivity index is 2.00. The highest BCUT2D eigenvalue weighted by atomic mass is 32.2. The minimum absolute atomic E-state index is 0.00128. The van der Waals surface area contributed by atoms with Gasteiger partial charge in [-0.25, -0.2) is 13.2 Å². The van der Waals surface area contributed by atoms with Gasteiger partial charge in [0.15, 0.2) is 0 Å². The number of thiophene rings is 1. The van der Waals surface area contributed by atoms with Crippen molar-refractivity contribution in [3.63, 3.8) is 0 Å². The van der Waals surface area contributed by atoms with E-state index in [1.54, 1.807) is 25.1 Å². The Morgan fingerprint density at radius 3 is 2.24 bits per heavy atom. The predicted molar refractivity (Wildman–Crippen MR) is 104 cm³/mol. The van der Waals surface area contributed by atoms with Crippen molar-refractivity contribution < 1.29 is 31.5 Å². The molecule has 1 heterocycles. The summed E-state index contributed by atoms with van der Waals surface area (Å²) in [6.07, 6.45) is -4.49. The van der Waals surface area contributed by atoms with Crippen molar-refractivity contribution in [3.05, 3.63) is 70.6 Å². The number of sulfonamides is 1. The van der Waals surface area contributed by atoms with Gasteiger partial charge in [-0.05, 0) is 42.3 Å². The fourth-order valence-corrected chi connectivity index (χ4v) is 4.98. The maximum atomic E-state index is 12.7. The summed E-state index contributed by atoms with van der Waals surface area (Å²) in [5.41, 5.74) is -0.167. The molecule has 2 aromatic carbocycles. The zero-order valence-corrected chi connectivity index (χ0v) is 16.5. The van der Waals surface area contributed by atoms with Gasteiger partial charge in [-0.2, -0.15) is 13.2 Å². The first-order valence-corrected chi connectivity index (χ1v) is 10.4. The van der Waals surface area contributed by atoms with E-state index in [1.165, 1.54) is 24.3 Å². The number of aromatic carboxylic acids is 1. The standard InChI is InChI=1S/C19H14F3NO4S2/c1-11-4-2-3-5-16(11)29(26,27)23-14-10-15(28-17(14)18(24)25)12-6-8-13(9-7-12)19(20,21)22/h2-10,23H,1H3,(H,24,25). The number of carboxylic acid groups (broad SMARTS) is 1. The highest BCUT2D eigenvalue weighted by Gasteiger charge is 2.30. The molecule has 2 N–H and O–H groups in total. The van der Waals surface area contributed by atoms with Crippen LogP contribution in [-0.4, -0.2) is 19.5 Å². The van der Waals surface area contributed by atoms with Crippen molar-refractivity contribution in [2.24, 2.45) is 0 Å². The van der Waals surface area contributed by atoms with Gasteiger partial charge in [0.05, 0.1) is 16.1 Å². The van der Waals surface area contributed by atoms with Gasteiger partial charge in [0.25, 0.3) is 10.0 Å². The van der Waals surface area contributed by atoms with Gasteiger partial charge < -0.3 is 5.11 Å². The molecule has 0 unspecified atom stereocenters. The van der Waals surface area contributed by atoms with Crippen LogP contribution in [0.2, 0.25) is 0 Å². The molecule has 0 spiro atoms. The van der Waals surface area contributed by atoms with E-state index in [4.69, 9.17) is 0 Å². The van der Waals surface area contributed by atoms with Crippen LogP contribution in [0.4, 0.5) is 18.9 Å². The third-order valence-corrected chi connectivity index (χ3v) is 6.75. The minimum atomic E-state index is -4.49. The molecule has 0 aliphatic rings. The van der Waals surface area contributed by atoms with Gasteiger partial charge >= 0.3 is 12.1 Å². The van der Waals surface area contributed by atoms with E-state index < -0.39 is 27.7 Å². The van der Waals surface area contributed by atoms with Gasteiger partial charge in [-0.15, -0.1) is 11.3 Å². The van der Waals surface area contributed by atoms with Gasteiger partial charge in [-0.1, -0.05) is 30.3 Å². The molecular weight excluding hydrogens is 427 g/mol. The van der Waals surface area contributed by atoms with Crippen molar-refractivity contribution in [2.45, 2.75) is 18.0 Å². The van der Waals surface area contributed by atoms with E-state index in [0.29, 0.717) is 16.0 Å². The number of nitrogens with one attached hydrogen (secondary N) is 1. The first-order chi connectivity index (χ1) is 13.5. The van der Waals surface area contributed by atoms with E-state index in [0.717, 1.165) is 23.5 Å². The largest absolute Gasteiger partial charge is 0.477 e. The molecule has 0 aliphatic carbocycles. The Morgan fingerprint density at radius 2 is 1.69 bits per heavy atom. The average molecular weight is 441 g/mol. The molecule has 3 rings (SSSR count). The van der Waals surface area contributed by atoms with Crippen LogP contribution in [0, 0.1) is 6.92 Å². The monoisotopic (exact) mass is 441 g/mol. The molecule has 0 atom stereocenters. The van der Waals surface area contributed by atoms with E-state index in [9.17, 15) is 31.5 Å². The highest BCUT2D eigenvalue weighted by molar-refractivity contribution is 7.92. The zero-order valence-electron chi connectivity index (χ0n) is 14.8. The summed E-state index contributed by atoms with van der Waals surface area (Å²) in [6, 6.07) is 11.7. The third-order valence-electron chi connectivity index (χ3n) is 4.05. The lowest BCUT2D eigenvalue weighted by Crippen LogP contribution is -2.15. The van der Waals surface area contributed by atoms with Crippen LogP contribution < -0.4 is 4.72 Å². The van der Waals surface area contributed by atoms with E-state index in [1.807, 2.05) is 0 Å². The lowest BCUT2D eigenvalue weighted by molar-refractivity contribution is -0.137. The van der Waals surface area contributed by atoms with Crippen molar-refractivity contribution >= 4 is 33.0 Å². The van der Waals surface area contributed by atoms with Crippen molar-refractivity contribution in [1.29, 1.82) is 0 Å². The Labute approximate surface area is 168 Å². The molecule has 0 fully saturated rings. The molecule has 0 aliphatic heterocycles. The fraction of sp³-hybridized carbons (Fsp3) is 0.105. The first kappa shape index (κ1) is 20.9. The number of hydrogen-bond donors (Lipinski definition) is 2. The Morgan fingerprint density at radius 1 is 1.07 bits per heavy atom. The number of benzene rings is 2. The molecule has 152 valence electrons. The normalized spacial score (nSPS) is 12.0. The van der Waals surface area contributed by atoms with Gasteiger partial charge in [-0.3, -0.25) is 4.72 Å². The molecule has 10 heteroatoms. The van der Waals surface area contributed by atoms with Crippen molar-refractivity contribution in [3.8, 4) is 10.4 Å². The molecule has 0 saturated heterocycles. The lowest BCUT2D eigenvalue weighted by Gasteiger charge is -2.09. The number of anilines is 1. The highest BCUT2D eigenvalue weighted by Crippen LogP contribution is 2.37. The number of alkyl halides is 3. The number of aryl methyl sites for hydroxylation is 1. The maximum Gasteiger partial charge on any atom is 0.416 e. The summed E-state index contributed by atoms with van der Waals surface area (Å²) in [5, 5.41) is 9.43. The number of carbonyl (C=O) groups is 1. The molecule has 0 saturated carbocycles. The zero-order chi connectivity index (χ0) is 21.4. The van der Waals surface area contributed by atoms with Crippen LogP contribution in [0.3, 0.4) is 0 Å². The fourth-order valence-electron chi connectivity index (χ4n) is 2.65. The smallest absolute Gasteiger partial charge is 0.416 e.